The summed E-state index contributed by atoms with van der Waals surface area (Å²) in [5, 5.41) is 0.744. The van der Waals surface area contributed by atoms with Gasteiger partial charge in [-0.2, -0.15) is 9.97 Å². The SMILES string of the molecule is COc1ncc(-c2cc3nc(N)nc(N)c3cc2C)c(OC)n1. The summed E-state index contributed by atoms with van der Waals surface area (Å²) in [5.41, 5.74) is 14.8. The predicted molar refractivity (Wildman–Crippen MR) is 87.2 cm³/mol. The normalized spacial score (nSPS) is 10.7. The second-order valence-corrected chi connectivity index (χ2v) is 4.93. The predicted octanol–water partition coefficient (Wildman–Crippen LogP) is 1.58. The van der Waals surface area contributed by atoms with Crippen LogP contribution in [0.3, 0.4) is 0 Å². The van der Waals surface area contributed by atoms with Crippen molar-refractivity contribution >= 4 is 22.7 Å². The third kappa shape index (κ3) is 2.54. The number of nitrogen functional groups attached to an aromatic ring is 2. The molecule has 118 valence electrons. The minimum Gasteiger partial charge on any atom is -0.480 e. The van der Waals surface area contributed by atoms with Gasteiger partial charge in [0.2, 0.25) is 11.8 Å². The first-order chi connectivity index (χ1) is 11.0. The summed E-state index contributed by atoms with van der Waals surface area (Å²) in [4.78, 5) is 16.6. The molecule has 0 radical (unpaired) electrons. The number of methoxy groups -OCH3 is 2. The molecule has 3 rings (SSSR count). The van der Waals surface area contributed by atoms with Crippen LogP contribution in [0.4, 0.5) is 11.8 Å². The Bertz CT molecular complexity index is 897. The van der Waals surface area contributed by atoms with Gasteiger partial charge in [0.15, 0.2) is 0 Å². The molecule has 3 aromatic rings. The van der Waals surface area contributed by atoms with E-state index in [1.165, 1.54) is 7.11 Å². The molecule has 4 N–H and O–H groups in total. The lowest BCUT2D eigenvalue weighted by Gasteiger charge is -2.12. The highest BCUT2D eigenvalue weighted by Gasteiger charge is 2.15. The molecule has 8 nitrogen and oxygen atoms in total. The van der Waals surface area contributed by atoms with Crippen molar-refractivity contribution in [1.29, 1.82) is 0 Å². The molecule has 23 heavy (non-hydrogen) atoms. The number of anilines is 2. The first-order valence-corrected chi connectivity index (χ1v) is 6.82. The van der Waals surface area contributed by atoms with Gasteiger partial charge in [-0.15, -0.1) is 0 Å². The van der Waals surface area contributed by atoms with Crippen LogP contribution in [-0.2, 0) is 0 Å². The number of fused-ring (bicyclic) bond motifs is 1. The Balaban J connectivity index is 2.26. The number of nitrogens with zero attached hydrogens (tertiary/aromatic N) is 4. The molecule has 0 amide bonds. The van der Waals surface area contributed by atoms with E-state index in [0.29, 0.717) is 17.2 Å². The fourth-order valence-corrected chi connectivity index (χ4v) is 2.41. The van der Waals surface area contributed by atoms with Crippen LogP contribution in [0.2, 0.25) is 0 Å². The highest BCUT2D eigenvalue weighted by atomic mass is 16.5. The van der Waals surface area contributed by atoms with Gasteiger partial charge in [0, 0.05) is 11.6 Å². The van der Waals surface area contributed by atoms with Gasteiger partial charge in [-0.3, -0.25) is 0 Å². The Morgan fingerprint density at radius 1 is 0.957 bits per heavy atom. The Morgan fingerprint density at radius 2 is 1.74 bits per heavy atom. The topological polar surface area (TPSA) is 122 Å². The number of aromatic nitrogens is 4. The maximum absolute atomic E-state index is 5.91. The van der Waals surface area contributed by atoms with Gasteiger partial charge in [-0.1, -0.05) is 0 Å². The highest BCUT2D eigenvalue weighted by Crippen LogP contribution is 2.34. The third-order valence-corrected chi connectivity index (χ3v) is 3.49. The summed E-state index contributed by atoms with van der Waals surface area (Å²) >= 11 is 0. The minimum absolute atomic E-state index is 0.128. The summed E-state index contributed by atoms with van der Waals surface area (Å²) in [7, 11) is 3.04. The van der Waals surface area contributed by atoms with Gasteiger partial charge < -0.3 is 20.9 Å². The van der Waals surface area contributed by atoms with Crippen molar-refractivity contribution in [3.8, 4) is 23.0 Å². The molecule has 2 aromatic heterocycles. The van der Waals surface area contributed by atoms with Crippen LogP contribution >= 0.6 is 0 Å². The molecule has 0 unspecified atom stereocenters. The van der Waals surface area contributed by atoms with E-state index < -0.39 is 0 Å². The van der Waals surface area contributed by atoms with Crippen molar-refractivity contribution in [3.05, 3.63) is 23.9 Å². The number of ether oxygens (including phenoxy) is 2. The lowest BCUT2D eigenvalue weighted by Crippen LogP contribution is -2.02. The van der Waals surface area contributed by atoms with Crippen molar-refractivity contribution in [1.82, 2.24) is 19.9 Å². The van der Waals surface area contributed by atoms with E-state index in [2.05, 4.69) is 19.9 Å². The fraction of sp³-hybridized carbons (Fsp3) is 0.200. The average Bonchev–Trinajstić information content (AvgIpc) is 2.54. The number of hydrogen-bond acceptors (Lipinski definition) is 8. The van der Waals surface area contributed by atoms with E-state index in [4.69, 9.17) is 20.9 Å². The van der Waals surface area contributed by atoms with Gasteiger partial charge in [-0.25, -0.2) is 9.97 Å². The summed E-state index contributed by atoms with van der Waals surface area (Å²) in [6, 6.07) is 4.01. The number of hydrogen-bond donors (Lipinski definition) is 2. The zero-order chi connectivity index (χ0) is 16.6. The first kappa shape index (κ1) is 14.8. The van der Waals surface area contributed by atoms with Gasteiger partial charge in [-0.05, 0) is 30.2 Å². The molecule has 0 saturated carbocycles. The number of benzene rings is 1. The van der Waals surface area contributed by atoms with E-state index >= 15 is 0 Å². The molecule has 0 atom stereocenters. The largest absolute Gasteiger partial charge is 0.480 e. The molecular weight excluding hydrogens is 296 g/mol. The summed E-state index contributed by atoms with van der Waals surface area (Å²) in [6.45, 7) is 1.95. The van der Waals surface area contributed by atoms with Crippen LogP contribution in [0.15, 0.2) is 18.3 Å². The minimum atomic E-state index is 0.128. The second kappa shape index (κ2) is 5.56. The Kier molecular flexibility index (Phi) is 3.57. The maximum atomic E-state index is 5.91. The molecule has 0 fully saturated rings. The van der Waals surface area contributed by atoms with Crippen LogP contribution in [0.5, 0.6) is 11.9 Å². The molecule has 0 saturated heterocycles. The van der Waals surface area contributed by atoms with Crippen LogP contribution < -0.4 is 20.9 Å². The van der Waals surface area contributed by atoms with Gasteiger partial charge >= 0.3 is 6.01 Å². The smallest absolute Gasteiger partial charge is 0.319 e. The molecule has 0 spiro atoms. The standard InChI is InChI=1S/C15H16N6O2/c1-7-4-9-11(19-14(17)20-12(9)16)5-8(7)10-6-18-15(23-3)21-13(10)22-2/h4-6H,1-3H3,(H4,16,17,19,20). The zero-order valence-corrected chi connectivity index (χ0v) is 13.0. The molecule has 0 bridgehead atoms. The van der Waals surface area contributed by atoms with Crippen molar-refractivity contribution in [2.75, 3.05) is 25.7 Å². The number of aryl methyl sites for hydroxylation is 1. The lowest BCUT2D eigenvalue weighted by atomic mass is 10.00. The van der Waals surface area contributed by atoms with Crippen LogP contribution in [0.1, 0.15) is 5.56 Å². The molecule has 0 aliphatic rings. The second-order valence-electron chi connectivity index (χ2n) is 4.93. The van der Waals surface area contributed by atoms with E-state index in [-0.39, 0.29) is 12.0 Å². The zero-order valence-electron chi connectivity index (χ0n) is 13.0. The van der Waals surface area contributed by atoms with Crippen LogP contribution in [-0.4, -0.2) is 34.2 Å². The molecule has 0 aliphatic heterocycles. The summed E-state index contributed by atoms with van der Waals surface area (Å²) in [5.74, 6) is 0.886. The van der Waals surface area contributed by atoms with Crippen molar-refractivity contribution in [2.24, 2.45) is 0 Å². The first-order valence-electron chi connectivity index (χ1n) is 6.82. The Labute approximate surface area is 132 Å². The van der Waals surface area contributed by atoms with E-state index in [1.54, 1.807) is 13.3 Å². The fourth-order valence-electron chi connectivity index (χ4n) is 2.41. The van der Waals surface area contributed by atoms with Gasteiger partial charge in [0.25, 0.3) is 0 Å². The summed E-state index contributed by atoms with van der Waals surface area (Å²) < 4.78 is 10.4. The molecule has 1 aromatic carbocycles. The van der Waals surface area contributed by atoms with E-state index in [9.17, 15) is 0 Å². The highest BCUT2D eigenvalue weighted by molar-refractivity contribution is 5.93. The third-order valence-electron chi connectivity index (χ3n) is 3.49. The molecule has 0 aliphatic carbocycles. The lowest BCUT2D eigenvalue weighted by molar-refractivity contribution is 0.353. The molecular formula is C15H16N6O2. The van der Waals surface area contributed by atoms with Gasteiger partial charge in [0.05, 0.1) is 25.3 Å². The van der Waals surface area contributed by atoms with Gasteiger partial charge in [0.1, 0.15) is 5.82 Å². The monoisotopic (exact) mass is 312 g/mol. The Morgan fingerprint density at radius 3 is 2.43 bits per heavy atom. The number of rotatable bonds is 3. The quantitative estimate of drug-likeness (QED) is 0.747. The van der Waals surface area contributed by atoms with E-state index in [0.717, 1.165) is 22.1 Å². The average molecular weight is 312 g/mol. The Hall–Kier alpha value is -3.16. The maximum Gasteiger partial charge on any atom is 0.319 e. The summed E-state index contributed by atoms with van der Waals surface area (Å²) in [6.07, 6.45) is 1.65. The van der Waals surface area contributed by atoms with E-state index in [1.807, 2.05) is 19.1 Å². The molecule has 2 heterocycles. The van der Waals surface area contributed by atoms with Crippen LogP contribution in [0.25, 0.3) is 22.0 Å². The van der Waals surface area contributed by atoms with Crippen molar-refractivity contribution in [2.45, 2.75) is 6.92 Å². The molecule has 8 heteroatoms. The van der Waals surface area contributed by atoms with Crippen LogP contribution in [0, 0.1) is 6.92 Å². The number of nitrogens with two attached hydrogens (primary N) is 2. The van der Waals surface area contributed by atoms with Crippen molar-refractivity contribution in [3.63, 3.8) is 0 Å². The van der Waals surface area contributed by atoms with Crippen molar-refractivity contribution < 1.29 is 9.47 Å².